The van der Waals surface area contributed by atoms with Gasteiger partial charge in [0.05, 0.1) is 37.9 Å². The summed E-state index contributed by atoms with van der Waals surface area (Å²) in [6, 6.07) is 5.05. The zero-order valence-electron chi connectivity index (χ0n) is 20.3. The van der Waals surface area contributed by atoms with Crippen LogP contribution in [0.4, 0.5) is 19.1 Å². The van der Waals surface area contributed by atoms with Crippen LogP contribution in [-0.2, 0) is 16.6 Å². The molecule has 11 nitrogen and oxygen atoms in total. The molecule has 0 amide bonds. The van der Waals surface area contributed by atoms with E-state index in [-0.39, 0.29) is 36.9 Å². The maximum Gasteiger partial charge on any atom is 0.268 e. The average molecular weight is 539 g/mol. The third-order valence-corrected chi connectivity index (χ3v) is 7.72. The number of alkyl halides is 3. The highest BCUT2D eigenvalue weighted by molar-refractivity contribution is 7.88. The molecule has 1 aliphatic rings. The molecule has 2 atom stereocenters. The molecule has 4 aromatic rings. The highest BCUT2D eigenvalue weighted by Gasteiger charge is 2.49. The van der Waals surface area contributed by atoms with Gasteiger partial charge in [-0.1, -0.05) is 11.3 Å². The summed E-state index contributed by atoms with van der Waals surface area (Å²) >= 11 is 0. The summed E-state index contributed by atoms with van der Waals surface area (Å²) in [5.74, 6) is -4.76. The smallest absolute Gasteiger partial charge is 0.268 e. The lowest BCUT2D eigenvalue weighted by Crippen LogP contribution is -2.49. The topological polar surface area (TPSA) is 134 Å². The number of nitrogen functional groups attached to an aromatic ring is 1. The summed E-state index contributed by atoms with van der Waals surface area (Å²) in [6.45, 7) is 0.347. The van der Waals surface area contributed by atoms with Gasteiger partial charge in [0, 0.05) is 18.3 Å². The van der Waals surface area contributed by atoms with E-state index in [4.69, 9.17) is 10.5 Å². The molecule has 3 aromatic heterocycles. The molecule has 0 saturated carbocycles. The lowest BCUT2D eigenvalue weighted by atomic mass is 9.84. The van der Waals surface area contributed by atoms with Gasteiger partial charge in [0.1, 0.15) is 17.2 Å². The monoisotopic (exact) mass is 538 g/mol. The second kappa shape index (κ2) is 8.83. The number of ether oxygens (including phenoxy) is 1. The van der Waals surface area contributed by atoms with Crippen LogP contribution < -0.4 is 10.5 Å². The molecule has 2 N–H and O–H groups in total. The first-order valence-corrected chi connectivity index (χ1v) is 13.3. The zero-order valence-corrected chi connectivity index (χ0v) is 21.1. The summed E-state index contributed by atoms with van der Waals surface area (Å²) < 4.78 is 77.8. The van der Waals surface area contributed by atoms with Crippen molar-refractivity contribution < 1.29 is 26.3 Å². The Labute approximate surface area is 210 Å². The van der Waals surface area contributed by atoms with Crippen LogP contribution in [0, 0.1) is 0 Å². The minimum Gasteiger partial charge on any atom is -0.479 e. The fourth-order valence-electron chi connectivity index (χ4n) is 4.86. The van der Waals surface area contributed by atoms with E-state index < -0.39 is 34.6 Å². The lowest BCUT2D eigenvalue weighted by Gasteiger charge is -2.37. The number of halogens is 3. The first-order chi connectivity index (χ1) is 17.4. The van der Waals surface area contributed by atoms with Crippen molar-refractivity contribution in [1.82, 2.24) is 33.9 Å². The van der Waals surface area contributed by atoms with Gasteiger partial charge < -0.3 is 10.5 Å². The molecule has 1 aromatic carbocycles. The quantitative estimate of drug-likeness (QED) is 0.396. The van der Waals surface area contributed by atoms with Crippen LogP contribution in [0.25, 0.3) is 27.7 Å². The van der Waals surface area contributed by atoms with Crippen molar-refractivity contribution in [3.05, 3.63) is 30.0 Å². The van der Waals surface area contributed by atoms with Gasteiger partial charge in [-0.25, -0.2) is 30.8 Å². The van der Waals surface area contributed by atoms with Crippen molar-refractivity contribution in [2.24, 2.45) is 0 Å². The van der Waals surface area contributed by atoms with E-state index in [9.17, 15) is 12.8 Å². The zero-order chi connectivity index (χ0) is 26.7. The first-order valence-electron chi connectivity index (χ1n) is 11.4. The molecule has 4 heterocycles. The van der Waals surface area contributed by atoms with Crippen LogP contribution in [0.5, 0.6) is 5.88 Å². The fraction of sp³-hybridized carbons (Fsp3) is 0.455. The molecule has 0 spiro atoms. The van der Waals surface area contributed by atoms with Crippen molar-refractivity contribution in [1.29, 1.82) is 0 Å². The lowest BCUT2D eigenvalue weighted by molar-refractivity contribution is -0.0633. The molecule has 198 valence electrons. The average Bonchev–Trinajstić information content (AvgIpc) is 3.37. The third-order valence-electron chi connectivity index (χ3n) is 6.47. The van der Waals surface area contributed by atoms with Gasteiger partial charge in [0.2, 0.25) is 21.9 Å². The van der Waals surface area contributed by atoms with Gasteiger partial charge in [-0.05, 0) is 36.6 Å². The normalized spacial score (nSPS) is 19.5. The second-order valence-corrected chi connectivity index (χ2v) is 11.2. The van der Waals surface area contributed by atoms with E-state index in [1.165, 1.54) is 29.4 Å². The van der Waals surface area contributed by atoms with Gasteiger partial charge in [0.25, 0.3) is 5.92 Å². The van der Waals surface area contributed by atoms with Crippen LogP contribution in [0.15, 0.2) is 24.4 Å². The molecular weight excluding hydrogens is 513 g/mol. The molecule has 15 heteroatoms. The Balaban J connectivity index is 1.74. The maximum absolute atomic E-state index is 15.6. The van der Waals surface area contributed by atoms with Crippen molar-refractivity contribution >= 4 is 32.5 Å². The number of rotatable bonds is 6. The molecule has 0 aliphatic carbocycles. The largest absolute Gasteiger partial charge is 0.479 e. The minimum absolute atomic E-state index is 0.0334. The number of hydrogen-bond donors (Lipinski definition) is 1. The van der Waals surface area contributed by atoms with Gasteiger partial charge in [-0.3, -0.25) is 0 Å². The van der Waals surface area contributed by atoms with Crippen molar-refractivity contribution in [3.8, 4) is 17.0 Å². The van der Waals surface area contributed by atoms with Crippen LogP contribution in [-0.4, -0.2) is 80.9 Å². The van der Waals surface area contributed by atoms with Gasteiger partial charge >= 0.3 is 0 Å². The number of aromatic nitrogens is 6. The molecule has 1 saturated heterocycles. The molecule has 0 bridgehead atoms. The fourth-order valence-corrected chi connectivity index (χ4v) is 5.71. The summed E-state index contributed by atoms with van der Waals surface area (Å²) in [4.78, 5) is 4.12. The van der Waals surface area contributed by atoms with Gasteiger partial charge in [-0.15, -0.1) is 10.2 Å². The number of piperidine rings is 1. The number of nitrogens with zero attached hydrogens (tertiary/aromatic N) is 7. The number of methoxy groups -OCH3 is 1. The van der Waals surface area contributed by atoms with Gasteiger partial charge in [-0.2, -0.15) is 9.29 Å². The SMILES string of the molecule is COc1nc(N)nn2cc([C@H]3CCN(S(C)(=O)=O)CC3(F)F)c(-c3ccc4nnn(C[C@@H](C)F)c4c3)c12. The number of nitrogens with two attached hydrogens (primary N) is 1. The highest BCUT2D eigenvalue weighted by Crippen LogP contribution is 2.47. The molecule has 1 fully saturated rings. The highest BCUT2D eigenvalue weighted by atomic mass is 32.2. The number of anilines is 1. The van der Waals surface area contributed by atoms with Crippen LogP contribution >= 0.6 is 0 Å². The molecular formula is C22H25F3N8O3S. The van der Waals surface area contributed by atoms with Crippen molar-refractivity contribution in [3.63, 3.8) is 0 Å². The third kappa shape index (κ3) is 4.45. The second-order valence-electron chi connectivity index (χ2n) is 9.19. The van der Waals surface area contributed by atoms with Crippen LogP contribution in [0.2, 0.25) is 0 Å². The Morgan fingerprint density at radius 3 is 2.73 bits per heavy atom. The molecule has 0 unspecified atom stereocenters. The Kier molecular flexibility index (Phi) is 6.02. The predicted octanol–water partition coefficient (Wildman–Crippen LogP) is 2.47. The Morgan fingerprint density at radius 1 is 1.32 bits per heavy atom. The summed E-state index contributed by atoms with van der Waals surface area (Å²) in [5.41, 5.74) is 8.27. The van der Waals surface area contributed by atoms with E-state index in [2.05, 4.69) is 20.4 Å². The summed E-state index contributed by atoms with van der Waals surface area (Å²) in [5, 5.41) is 12.2. The first kappa shape index (κ1) is 25.2. The Bertz CT molecular complexity index is 1600. The standard InChI is InChI=1S/C22H25F3N8O3S/c1-12(23)9-32-17-8-13(4-5-16(17)28-30-32)18-14(10-33-19(18)20(36-2)27-21(26)29-33)15-6-7-31(37(3,34)35)11-22(15,24)25/h4-5,8,10,12,15H,6-7,9,11H2,1-3H3,(H2,26,29)/t12-,15-/m1/s1. The number of benzene rings is 1. The van der Waals surface area contributed by atoms with Gasteiger partial charge in [0.15, 0.2) is 0 Å². The van der Waals surface area contributed by atoms with E-state index >= 15 is 8.78 Å². The number of hydrogen-bond acceptors (Lipinski definition) is 8. The number of fused-ring (bicyclic) bond motifs is 2. The molecule has 5 rings (SSSR count). The predicted molar refractivity (Wildman–Crippen MR) is 130 cm³/mol. The molecule has 1 aliphatic heterocycles. The van der Waals surface area contributed by atoms with Crippen molar-refractivity contribution in [2.45, 2.75) is 37.9 Å². The maximum atomic E-state index is 15.6. The van der Waals surface area contributed by atoms with E-state index in [0.29, 0.717) is 27.7 Å². The summed E-state index contributed by atoms with van der Waals surface area (Å²) in [6.07, 6.45) is 1.05. The Morgan fingerprint density at radius 2 is 2.08 bits per heavy atom. The van der Waals surface area contributed by atoms with E-state index in [1.54, 1.807) is 18.2 Å². The van der Waals surface area contributed by atoms with E-state index in [1.807, 2.05) is 0 Å². The minimum atomic E-state index is -3.80. The van der Waals surface area contributed by atoms with Crippen LogP contribution in [0.1, 0.15) is 24.8 Å². The molecule has 37 heavy (non-hydrogen) atoms. The Hall–Kier alpha value is -3.46. The van der Waals surface area contributed by atoms with Crippen molar-refractivity contribution in [2.75, 3.05) is 32.2 Å². The summed E-state index contributed by atoms with van der Waals surface area (Å²) in [7, 11) is -2.42. The molecule has 0 radical (unpaired) electrons. The number of sulfonamides is 1. The van der Waals surface area contributed by atoms with E-state index in [0.717, 1.165) is 10.6 Å². The van der Waals surface area contributed by atoms with Crippen LogP contribution in [0.3, 0.4) is 0 Å².